The molecular weight excluding hydrogens is 164 g/mol. The molecule has 0 aromatic carbocycles. The van der Waals surface area contributed by atoms with Gasteiger partial charge in [0, 0.05) is 6.54 Å². The summed E-state index contributed by atoms with van der Waals surface area (Å²) in [4.78, 5) is 2.30. The molecule has 1 aliphatic rings. The van der Waals surface area contributed by atoms with Gasteiger partial charge >= 0.3 is 0 Å². The zero-order valence-corrected chi connectivity index (χ0v) is 7.99. The molecule has 2 heterocycles. The Kier molecular flexibility index (Phi) is 2.14. The van der Waals surface area contributed by atoms with Gasteiger partial charge in [0.2, 0.25) is 0 Å². The van der Waals surface area contributed by atoms with Crippen LogP contribution in [0.5, 0.6) is 0 Å². The van der Waals surface area contributed by atoms with Crippen molar-refractivity contribution in [1.29, 1.82) is 0 Å². The maximum absolute atomic E-state index is 5.85. The largest absolute Gasteiger partial charge is 0.467 e. The van der Waals surface area contributed by atoms with Crippen LogP contribution in [0.25, 0.3) is 0 Å². The molecule has 1 aromatic heterocycles. The molecule has 1 fully saturated rings. The predicted molar refractivity (Wildman–Crippen MR) is 51.3 cm³/mol. The number of furan rings is 1. The lowest BCUT2D eigenvalue weighted by molar-refractivity contribution is 0.150. The van der Waals surface area contributed by atoms with E-state index in [-0.39, 0.29) is 5.54 Å². The Hall–Kier alpha value is -0.800. The Morgan fingerprint density at radius 1 is 1.69 bits per heavy atom. The van der Waals surface area contributed by atoms with Gasteiger partial charge in [0.05, 0.1) is 11.8 Å². The van der Waals surface area contributed by atoms with Crippen LogP contribution in [0.1, 0.15) is 18.6 Å². The van der Waals surface area contributed by atoms with Crippen LogP contribution in [0, 0.1) is 0 Å². The molecule has 0 aliphatic carbocycles. The van der Waals surface area contributed by atoms with Gasteiger partial charge in [-0.05, 0) is 38.6 Å². The van der Waals surface area contributed by atoms with E-state index in [9.17, 15) is 0 Å². The number of nitrogens with zero attached hydrogens (tertiary/aromatic N) is 1. The first kappa shape index (κ1) is 8.78. The van der Waals surface area contributed by atoms with Crippen molar-refractivity contribution in [2.24, 2.45) is 5.73 Å². The zero-order chi connectivity index (χ0) is 9.31. The predicted octanol–water partition coefficient (Wildman–Crippen LogP) is 1.16. The van der Waals surface area contributed by atoms with Crippen LogP contribution < -0.4 is 5.73 Å². The molecule has 3 nitrogen and oxygen atoms in total. The molecule has 0 bridgehead atoms. The van der Waals surface area contributed by atoms with Crippen molar-refractivity contribution in [2.75, 3.05) is 20.1 Å². The maximum Gasteiger partial charge on any atom is 0.125 e. The minimum absolute atomic E-state index is 0.0382. The standard InChI is InChI=1S/C10H16N2O/c1-12-6-3-5-10(12,8-11)9-4-2-7-13-9/h2,4,7H,3,5-6,8,11H2,1H3. The highest BCUT2D eigenvalue weighted by Crippen LogP contribution is 2.36. The second-order valence-electron chi connectivity index (χ2n) is 3.74. The van der Waals surface area contributed by atoms with E-state index in [1.54, 1.807) is 6.26 Å². The van der Waals surface area contributed by atoms with Crippen molar-refractivity contribution in [3.8, 4) is 0 Å². The van der Waals surface area contributed by atoms with Crippen LogP contribution in [-0.4, -0.2) is 25.0 Å². The summed E-state index contributed by atoms with van der Waals surface area (Å²) in [5, 5.41) is 0. The van der Waals surface area contributed by atoms with E-state index in [1.807, 2.05) is 12.1 Å². The molecule has 0 amide bonds. The number of rotatable bonds is 2. The summed E-state index contributed by atoms with van der Waals surface area (Å²) < 4.78 is 5.46. The summed E-state index contributed by atoms with van der Waals surface area (Å²) in [7, 11) is 2.11. The van der Waals surface area contributed by atoms with Gasteiger partial charge in [0.15, 0.2) is 0 Å². The quantitative estimate of drug-likeness (QED) is 0.742. The zero-order valence-electron chi connectivity index (χ0n) is 7.99. The fourth-order valence-corrected chi connectivity index (χ4v) is 2.23. The van der Waals surface area contributed by atoms with Crippen LogP contribution >= 0.6 is 0 Å². The second kappa shape index (κ2) is 3.16. The van der Waals surface area contributed by atoms with E-state index in [2.05, 4.69) is 11.9 Å². The fourth-order valence-electron chi connectivity index (χ4n) is 2.23. The third-order valence-electron chi connectivity index (χ3n) is 3.13. The Bertz CT molecular complexity index is 270. The molecule has 0 radical (unpaired) electrons. The highest BCUT2D eigenvalue weighted by molar-refractivity contribution is 5.15. The normalized spacial score (nSPS) is 29.7. The van der Waals surface area contributed by atoms with Crippen molar-refractivity contribution in [3.63, 3.8) is 0 Å². The lowest BCUT2D eigenvalue weighted by Crippen LogP contribution is -2.44. The van der Waals surface area contributed by atoms with Crippen LogP contribution in [0.2, 0.25) is 0 Å². The topological polar surface area (TPSA) is 42.4 Å². The molecule has 2 rings (SSSR count). The number of nitrogens with two attached hydrogens (primary N) is 1. The number of hydrogen-bond donors (Lipinski definition) is 1. The van der Waals surface area contributed by atoms with Crippen molar-refractivity contribution in [1.82, 2.24) is 4.90 Å². The van der Waals surface area contributed by atoms with E-state index < -0.39 is 0 Å². The van der Waals surface area contributed by atoms with Gasteiger partial charge in [0.25, 0.3) is 0 Å². The summed E-state index contributed by atoms with van der Waals surface area (Å²) in [6.07, 6.45) is 4.03. The van der Waals surface area contributed by atoms with E-state index in [0.29, 0.717) is 6.54 Å². The van der Waals surface area contributed by atoms with Gasteiger partial charge in [0.1, 0.15) is 5.76 Å². The minimum Gasteiger partial charge on any atom is -0.467 e. The molecule has 1 aliphatic heterocycles. The Morgan fingerprint density at radius 3 is 3.00 bits per heavy atom. The molecular formula is C10H16N2O. The van der Waals surface area contributed by atoms with Crippen molar-refractivity contribution in [3.05, 3.63) is 24.2 Å². The minimum atomic E-state index is -0.0382. The van der Waals surface area contributed by atoms with Crippen LogP contribution in [0.15, 0.2) is 22.8 Å². The average Bonchev–Trinajstić information content (AvgIpc) is 2.73. The molecule has 1 aromatic rings. The molecule has 1 saturated heterocycles. The summed E-state index contributed by atoms with van der Waals surface area (Å²) in [6, 6.07) is 3.95. The van der Waals surface area contributed by atoms with E-state index >= 15 is 0 Å². The molecule has 3 heteroatoms. The van der Waals surface area contributed by atoms with Gasteiger partial charge in [-0.2, -0.15) is 0 Å². The maximum atomic E-state index is 5.85. The van der Waals surface area contributed by atoms with E-state index in [4.69, 9.17) is 10.2 Å². The molecule has 1 unspecified atom stereocenters. The van der Waals surface area contributed by atoms with Gasteiger partial charge in [-0.3, -0.25) is 4.90 Å². The lowest BCUT2D eigenvalue weighted by atomic mass is 9.93. The van der Waals surface area contributed by atoms with Crippen molar-refractivity contribution in [2.45, 2.75) is 18.4 Å². The molecule has 72 valence electrons. The van der Waals surface area contributed by atoms with Gasteiger partial charge in [-0.1, -0.05) is 0 Å². The number of hydrogen-bond acceptors (Lipinski definition) is 3. The first-order valence-corrected chi connectivity index (χ1v) is 4.75. The Labute approximate surface area is 78.5 Å². The summed E-state index contributed by atoms with van der Waals surface area (Å²) in [6.45, 7) is 1.74. The smallest absolute Gasteiger partial charge is 0.125 e. The summed E-state index contributed by atoms with van der Waals surface area (Å²) in [5.74, 6) is 1.01. The van der Waals surface area contributed by atoms with E-state index in [0.717, 1.165) is 18.7 Å². The number of likely N-dealkylation sites (N-methyl/N-ethyl adjacent to an activating group) is 1. The highest BCUT2D eigenvalue weighted by atomic mass is 16.3. The molecule has 13 heavy (non-hydrogen) atoms. The number of likely N-dealkylation sites (tertiary alicyclic amines) is 1. The molecule has 2 N–H and O–H groups in total. The van der Waals surface area contributed by atoms with Gasteiger partial charge < -0.3 is 10.2 Å². The Balaban J connectivity index is 2.35. The monoisotopic (exact) mass is 180 g/mol. The summed E-state index contributed by atoms with van der Waals surface area (Å²) in [5.41, 5.74) is 5.81. The molecule has 1 atom stereocenters. The Morgan fingerprint density at radius 2 is 2.54 bits per heavy atom. The highest BCUT2D eigenvalue weighted by Gasteiger charge is 2.41. The summed E-state index contributed by atoms with van der Waals surface area (Å²) >= 11 is 0. The van der Waals surface area contributed by atoms with Gasteiger partial charge in [-0.15, -0.1) is 0 Å². The molecule has 0 saturated carbocycles. The fraction of sp³-hybridized carbons (Fsp3) is 0.600. The first-order valence-electron chi connectivity index (χ1n) is 4.75. The lowest BCUT2D eigenvalue weighted by Gasteiger charge is -2.32. The first-order chi connectivity index (χ1) is 6.29. The van der Waals surface area contributed by atoms with Crippen molar-refractivity contribution >= 4 is 0 Å². The third-order valence-corrected chi connectivity index (χ3v) is 3.13. The van der Waals surface area contributed by atoms with Crippen LogP contribution in [-0.2, 0) is 5.54 Å². The second-order valence-corrected chi connectivity index (χ2v) is 3.74. The van der Waals surface area contributed by atoms with Crippen LogP contribution in [0.3, 0.4) is 0 Å². The van der Waals surface area contributed by atoms with Crippen LogP contribution in [0.4, 0.5) is 0 Å². The molecule has 0 spiro atoms. The third kappa shape index (κ3) is 1.19. The average molecular weight is 180 g/mol. The SMILES string of the molecule is CN1CCCC1(CN)c1ccco1. The van der Waals surface area contributed by atoms with Crippen molar-refractivity contribution < 1.29 is 4.42 Å². The van der Waals surface area contributed by atoms with Gasteiger partial charge in [-0.25, -0.2) is 0 Å². The van der Waals surface area contributed by atoms with E-state index in [1.165, 1.54) is 6.42 Å².